The van der Waals surface area contributed by atoms with Crippen LogP contribution in [-0.4, -0.2) is 27.2 Å². The number of rotatable bonds is 7. The number of aromatic nitrogens is 2. The number of ketones is 1. The summed E-state index contributed by atoms with van der Waals surface area (Å²) in [4.78, 5) is 23.9. The van der Waals surface area contributed by atoms with Gasteiger partial charge in [-0.05, 0) is 30.7 Å². The first-order valence-corrected chi connectivity index (χ1v) is 10.3. The minimum absolute atomic E-state index is 0.000556. The topological polar surface area (TPSA) is 64.0 Å². The molecule has 3 aromatic rings. The fraction of sp³-hybridized carbons (Fsp3) is 0.150. The van der Waals surface area contributed by atoms with Crippen molar-refractivity contribution in [1.29, 1.82) is 0 Å². The molecule has 0 saturated heterocycles. The Hall–Kier alpha value is -2.35. The molecule has 0 radical (unpaired) electrons. The van der Waals surface area contributed by atoms with Crippen molar-refractivity contribution < 1.29 is 14.0 Å². The van der Waals surface area contributed by atoms with Gasteiger partial charge in [0.25, 0.3) is 0 Å². The number of halogens is 3. The monoisotopic (exact) mass is 451 g/mol. The number of amides is 1. The van der Waals surface area contributed by atoms with Gasteiger partial charge in [-0.3, -0.25) is 9.59 Å². The fourth-order valence-corrected chi connectivity index (χ4v) is 3.66. The predicted molar refractivity (Wildman–Crippen MR) is 114 cm³/mol. The number of benzene rings is 2. The molecule has 3 rings (SSSR count). The zero-order valence-electron chi connectivity index (χ0n) is 15.3. The molecule has 0 atom stereocenters. The average molecular weight is 452 g/mol. The van der Waals surface area contributed by atoms with Gasteiger partial charge in [0, 0.05) is 16.5 Å². The molecule has 1 aromatic heterocycles. The van der Waals surface area contributed by atoms with E-state index in [1.807, 2.05) is 6.07 Å². The van der Waals surface area contributed by atoms with E-state index in [9.17, 15) is 14.0 Å². The Balaban J connectivity index is 1.63. The molecule has 0 saturated carbocycles. The summed E-state index contributed by atoms with van der Waals surface area (Å²) in [6.45, 7) is 1.70. The number of Topliss-reactive ketones (excluding diaryl/α,β-unsaturated/α-hetero) is 1. The summed E-state index contributed by atoms with van der Waals surface area (Å²) in [5, 5.41) is 7.82. The van der Waals surface area contributed by atoms with Gasteiger partial charge >= 0.3 is 0 Å². The summed E-state index contributed by atoms with van der Waals surface area (Å²) >= 11 is 13.3. The number of thioether (sulfide) groups is 1. The first-order chi connectivity index (χ1) is 13.8. The zero-order chi connectivity index (χ0) is 21.0. The van der Waals surface area contributed by atoms with E-state index in [1.165, 1.54) is 25.1 Å². The third-order valence-corrected chi connectivity index (χ3v) is 5.94. The number of nitrogens with one attached hydrogen (secondary N) is 1. The predicted octanol–water partition coefficient (Wildman–Crippen LogP) is 5.31. The van der Waals surface area contributed by atoms with Gasteiger partial charge in [0.15, 0.2) is 5.78 Å². The maximum absolute atomic E-state index is 14.1. The van der Waals surface area contributed by atoms with Gasteiger partial charge in [-0.1, -0.05) is 41.4 Å². The highest BCUT2D eigenvalue weighted by Gasteiger charge is 2.13. The summed E-state index contributed by atoms with van der Waals surface area (Å²) in [5.41, 5.74) is 1.06. The number of anilines is 1. The van der Waals surface area contributed by atoms with Crippen molar-refractivity contribution in [3.8, 4) is 0 Å². The van der Waals surface area contributed by atoms with Crippen LogP contribution >= 0.6 is 35.0 Å². The first-order valence-electron chi connectivity index (χ1n) is 8.53. The zero-order valence-corrected chi connectivity index (χ0v) is 17.6. The van der Waals surface area contributed by atoms with Crippen molar-refractivity contribution in [2.24, 2.45) is 0 Å². The molecule has 0 unspecified atom stereocenters. The van der Waals surface area contributed by atoms with Gasteiger partial charge in [-0.25, -0.2) is 9.07 Å². The highest BCUT2D eigenvalue weighted by molar-refractivity contribution is 8.00. The Morgan fingerprint density at radius 3 is 2.72 bits per heavy atom. The molecule has 1 heterocycles. The van der Waals surface area contributed by atoms with Crippen LogP contribution in [0.25, 0.3) is 0 Å². The highest BCUT2D eigenvalue weighted by atomic mass is 35.5. The van der Waals surface area contributed by atoms with Crippen LogP contribution < -0.4 is 5.32 Å². The van der Waals surface area contributed by atoms with Crippen LogP contribution in [0.1, 0.15) is 22.8 Å². The second-order valence-corrected chi connectivity index (χ2v) is 7.93. The van der Waals surface area contributed by atoms with Gasteiger partial charge in [-0.2, -0.15) is 5.10 Å². The molecule has 1 N–H and O–H groups in total. The molecule has 29 heavy (non-hydrogen) atoms. The second kappa shape index (κ2) is 9.43. The van der Waals surface area contributed by atoms with E-state index in [-0.39, 0.29) is 17.4 Å². The molecule has 0 aliphatic heterocycles. The lowest BCUT2D eigenvalue weighted by atomic mass is 10.1. The molecule has 150 valence electrons. The Morgan fingerprint density at radius 2 is 2.00 bits per heavy atom. The van der Waals surface area contributed by atoms with Gasteiger partial charge in [0.1, 0.15) is 11.6 Å². The number of hydrogen-bond donors (Lipinski definition) is 1. The molecular weight excluding hydrogens is 436 g/mol. The molecule has 0 spiro atoms. The number of carbonyl (C=O) groups excluding carboxylic acids is 2. The van der Waals surface area contributed by atoms with Crippen molar-refractivity contribution in [3.05, 3.63) is 75.7 Å². The summed E-state index contributed by atoms with van der Waals surface area (Å²) in [6.07, 6.45) is 1.56. The van der Waals surface area contributed by atoms with Gasteiger partial charge in [0.2, 0.25) is 5.91 Å². The first kappa shape index (κ1) is 21.4. The Morgan fingerprint density at radius 1 is 1.21 bits per heavy atom. The Labute approximate surface area is 181 Å². The number of nitrogens with zero attached hydrogens (tertiary/aromatic N) is 2. The van der Waals surface area contributed by atoms with Crippen molar-refractivity contribution >= 4 is 52.5 Å². The standard InChI is InChI=1S/C20H16Cl2FN3O2S/c1-12(27)13-5-6-17(16(23)9-13)29-11-19(28)25-18-7-8-24-26(18)10-14-3-2-4-15(21)20(14)22/h2-9H,10-11H2,1H3,(H,25,28). The second-order valence-electron chi connectivity index (χ2n) is 6.13. The molecule has 0 fully saturated rings. The minimum Gasteiger partial charge on any atom is -0.310 e. The summed E-state index contributed by atoms with van der Waals surface area (Å²) < 4.78 is 15.7. The van der Waals surface area contributed by atoms with Crippen LogP contribution in [-0.2, 0) is 11.3 Å². The van der Waals surface area contributed by atoms with E-state index in [0.29, 0.717) is 32.9 Å². The normalized spacial score (nSPS) is 10.8. The van der Waals surface area contributed by atoms with Crippen LogP contribution in [0, 0.1) is 5.82 Å². The molecule has 0 bridgehead atoms. The smallest absolute Gasteiger partial charge is 0.235 e. The Kier molecular flexibility index (Phi) is 6.95. The summed E-state index contributed by atoms with van der Waals surface area (Å²) in [6, 6.07) is 11.2. The van der Waals surface area contributed by atoms with Gasteiger partial charge in [-0.15, -0.1) is 11.8 Å². The average Bonchev–Trinajstić information content (AvgIpc) is 3.11. The van der Waals surface area contributed by atoms with Crippen LogP contribution in [0.2, 0.25) is 10.0 Å². The lowest BCUT2D eigenvalue weighted by molar-refractivity contribution is -0.113. The third kappa shape index (κ3) is 5.38. The van der Waals surface area contributed by atoms with Gasteiger partial charge < -0.3 is 5.32 Å². The van der Waals surface area contributed by atoms with Crippen LogP contribution in [0.3, 0.4) is 0 Å². The highest BCUT2D eigenvalue weighted by Crippen LogP contribution is 2.27. The maximum Gasteiger partial charge on any atom is 0.235 e. The van der Waals surface area contributed by atoms with Crippen LogP contribution in [0.4, 0.5) is 10.2 Å². The lowest BCUT2D eigenvalue weighted by Crippen LogP contribution is -2.18. The fourth-order valence-electron chi connectivity index (χ4n) is 2.56. The maximum atomic E-state index is 14.1. The van der Waals surface area contributed by atoms with Crippen molar-refractivity contribution in [2.75, 3.05) is 11.1 Å². The number of hydrogen-bond acceptors (Lipinski definition) is 4. The van der Waals surface area contributed by atoms with Gasteiger partial charge in [0.05, 0.1) is 28.5 Å². The molecule has 1 amide bonds. The summed E-state index contributed by atoms with van der Waals surface area (Å²) in [7, 11) is 0. The van der Waals surface area contributed by atoms with Crippen molar-refractivity contribution in [1.82, 2.24) is 9.78 Å². The largest absolute Gasteiger partial charge is 0.310 e. The SMILES string of the molecule is CC(=O)c1ccc(SCC(=O)Nc2ccnn2Cc2cccc(Cl)c2Cl)c(F)c1. The molecule has 9 heteroatoms. The molecular formula is C20H16Cl2FN3O2S. The van der Waals surface area contributed by atoms with E-state index in [4.69, 9.17) is 23.2 Å². The molecule has 5 nitrogen and oxygen atoms in total. The molecule has 0 aliphatic carbocycles. The number of carbonyl (C=O) groups is 2. The van der Waals surface area contributed by atoms with E-state index in [1.54, 1.807) is 29.1 Å². The van der Waals surface area contributed by atoms with E-state index < -0.39 is 5.82 Å². The van der Waals surface area contributed by atoms with E-state index in [0.717, 1.165) is 17.3 Å². The molecule has 0 aliphatic rings. The quantitative estimate of drug-likeness (QED) is 0.390. The van der Waals surface area contributed by atoms with Crippen molar-refractivity contribution in [2.45, 2.75) is 18.4 Å². The van der Waals surface area contributed by atoms with Crippen LogP contribution in [0.5, 0.6) is 0 Å². The van der Waals surface area contributed by atoms with E-state index >= 15 is 0 Å². The lowest BCUT2D eigenvalue weighted by Gasteiger charge is -2.11. The minimum atomic E-state index is -0.531. The summed E-state index contributed by atoms with van der Waals surface area (Å²) in [5.74, 6) is -0.579. The van der Waals surface area contributed by atoms with Crippen LogP contribution in [0.15, 0.2) is 53.6 Å². The Bertz CT molecular complexity index is 1070. The third-order valence-electron chi connectivity index (χ3n) is 4.03. The molecule has 2 aromatic carbocycles. The van der Waals surface area contributed by atoms with E-state index in [2.05, 4.69) is 10.4 Å². The van der Waals surface area contributed by atoms with Crippen molar-refractivity contribution in [3.63, 3.8) is 0 Å².